The fourth-order valence-corrected chi connectivity index (χ4v) is 1.66. The molecule has 0 saturated carbocycles. The number of aromatic nitrogens is 2. The number of benzene rings is 1. The summed E-state index contributed by atoms with van der Waals surface area (Å²) >= 11 is 3.21. The third kappa shape index (κ3) is 2.04. The van der Waals surface area contributed by atoms with E-state index in [2.05, 4.69) is 25.9 Å². The van der Waals surface area contributed by atoms with Gasteiger partial charge >= 0.3 is 0 Å². The van der Waals surface area contributed by atoms with Crippen LogP contribution in [0.2, 0.25) is 0 Å². The molecule has 1 aromatic heterocycles. The van der Waals surface area contributed by atoms with Crippen LogP contribution in [-0.2, 0) is 0 Å². The van der Waals surface area contributed by atoms with Crippen LogP contribution in [0.4, 0.5) is 4.39 Å². The molecule has 0 aliphatic carbocycles. The topological polar surface area (TPSA) is 35.0 Å². The van der Waals surface area contributed by atoms with Crippen molar-refractivity contribution in [3.05, 3.63) is 41.0 Å². The zero-order valence-corrected chi connectivity index (χ0v) is 10.0. The van der Waals surface area contributed by atoms with Gasteiger partial charge in [0.05, 0.1) is 12.8 Å². The van der Waals surface area contributed by atoms with E-state index in [-0.39, 0.29) is 5.75 Å². The monoisotopic (exact) mass is 282 g/mol. The maximum atomic E-state index is 13.9. The molecule has 0 aliphatic rings. The molecule has 0 spiro atoms. The number of hydrogen-bond acceptors (Lipinski definition) is 3. The Morgan fingerprint density at radius 1 is 1.31 bits per heavy atom. The smallest absolute Gasteiger partial charge is 0.174 e. The summed E-state index contributed by atoms with van der Waals surface area (Å²) in [6.07, 6.45) is 1.37. The van der Waals surface area contributed by atoms with Gasteiger partial charge in [0.15, 0.2) is 11.6 Å². The molecule has 1 heterocycles. The SMILES string of the molecule is COc1cccc(-c2cc(Br)ncn2)c1F. The first kappa shape index (κ1) is 11.0. The van der Waals surface area contributed by atoms with E-state index in [9.17, 15) is 4.39 Å². The third-order valence-corrected chi connectivity index (χ3v) is 2.53. The summed E-state index contributed by atoms with van der Waals surface area (Å²) in [5, 5.41) is 0. The molecule has 2 rings (SSSR count). The lowest BCUT2D eigenvalue weighted by molar-refractivity contribution is 0.387. The molecular formula is C11H8BrFN2O. The molecule has 0 bridgehead atoms. The standard InChI is InChI=1S/C11H8BrFN2O/c1-16-9-4-2-3-7(11(9)13)8-5-10(12)15-6-14-8/h2-6H,1H3. The summed E-state index contributed by atoms with van der Waals surface area (Å²) in [5.41, 5.74) is 0.903. The zero-order chi connectivity index (χ0) is 11.5. The highest BCUT2D eigenvalue weighted by molar-refractivity contribution is 9.10. The molecule has 82 valence electrons. The Kier molecular flexibility index (Phi) is 3.14. The fourth-order valence-electron chi connectivity index (χ4n) is 1.35. The average Bonchev–Trinajstić information content (AvgIpc) is 2.29. The first-order valence-electron chi connectivity index (χ1n) is 4.53. The van der Waals surface area contributed by atoms with Crippen molar-refractivity contribution in [3.8, 4) is 17.0 Å². The first-order valence-corrected chi connectivity index (χ1v) is 5.32. The van der Waals surface area contributed by atoms with Gasteiger partial charge in [-0.3, -0.25) is 0 Å². The molecule has 3 nitrogen and oxygen atoms in total. The number of halogens is 2. The van der Waals surface area contributed by atoms with Gasteiger partial charge < -0.3 is 4.74 Å². The molecule has 0 amide bonds. The Labute approximate surface area is 100 Å². The van der Waals surface area contributed by atoms with Gasteiger partial charge in [0.2, 0.25) is 0 Å². The molecule has 0 atom stereocenters. The van der Waals surface area contributed by atoms with Gasteiger partial charge in [0.1, 0.15) is 10.9 Å². The van der Waals surface area contributed by atoms with Gasteiger partial charge in [0, 0.05) is 5.56 Å². The number of hydrogen-bond donors (Lipinski definition) is 0. The van der Waals surface area contributed by atoms with Crippen molar-refractivity contribution in [3.63, 3.8) is 0 Å². The van der Waals surface area contributed by atoms with Crippen molar-refractivity contribution in [2.24, 2.45) is 0 Å². The normalized spacial score (nSPS) is 10.2. The van der Waals surface area contributed by atoms with Crippen molar-refractivity contribution in [2.45, 2.75) is 0 Å². The van der Waals surface area contributed by atoms with Crippen molar-refractivity contribution in [1.29, 1.82) is 0 Å². The van der Waals surface area contributed by atoms with Crippen LogP contribution in [0.25, 0.3) is 11.3 Å². The maximum absolute atomic E-state index is 13.9. The Hall–Kier alpha value is -1.49. The highest BCUT2D eigenvalue weighted by atomic mass is 79.9. The van der Waals surface area contributed by atoms with Crippen molar-refractivity contribution >= 4 is 15.9 Å². The van der Waals surface area contributed by atoms with Gasteiger partial charge in [-0.2, -0.15) is 0 Å². The van der Waals surface area contributed by atoms with Crippen LogP contribution >= 0.6 is 15.9 Å². The molecule has 16 heavy (non-hydrogen) atoms. The van der Waals surface area contributed by atoms with E-state index in [1.54, 1.807) is 24.3 Å². The fraction of sp³-hybridized carbons (Fsp3) is 0.0909. The predicted molar refractivity (Wildman–Crippen MR) is 61.7 cm³/mol. The van der Waals surface area contributed by atoms with E-state index in [1.807, 2.05) is 0 Å². The molecule has 5 heteroatoms. The van der Waals surface area contributed by atoms with E-state index >= 15 is 0 Å². The molecule has 0 radical (unpaired) electrons. The number of methoxy groups -OCH3 is 1. The predicted octanol–water partition coefficient (Wildman–Crippen LogP) is 3.05. The highest BCUT2D eigenvalue weighted by Gasteiger charge is 2.11. The van der Waals surface area contributed by atoms with Crippen LogP contribution in [0.15, 0.2) is 35.2 Å². The molecule has 0 saturated heterocycles. The van der Waals surface area contributed by atoms with Crippen molar-refractivity contribution < 1.29 is 9.13 Å². The van der Waals surface area contributed by atoms with Gasteiger partial charge in [-0.1, -0.05) is 6.07 Å². The summed E-state index contributed by atoms with van der Waals surface area (Å²) in [4.78, 5) is 7.90. The van der Waals surface area contributed by atoms with E-state index in [1.165, 1.54) is 13.4 Å². The Morgan fingerprint density at radius 3 is 2.81 bits per heavy atom. The van der Waals surface area contributed by atoms with Gasteiger partial charge in [0.25, 0.3) is 0 Å². The minimum atomic E-state index is -0.421. The molecular weight excluding hydrogens is 275 g/mol. The van der Waals surface area contributed by atoms with E-state index in [0.717, 1.165) is 0 Å². The Balaban J connectivity index is 2.56. The lowest BCUT2D eigenvalue weighted by Crippen LogP contribution is -1.93. The Morgan fingerprint density at radius 2 is 2.12 bits per heavy atom. The van der Waals surface area contributed by atoms with Crippen LogP contribution in [0.5, 0.6) is 5.75 Å². The van der Waals surface area contributed by atoms with Crippen LogP contribution in [-0.4, -0.2) is 17.1 Å². The average molecular weight is 283 g/mol. The summed E-state index contributed by atoms with van der Waals surface area (Å²) < 4.78 is 19.4. The minimum Gasteiger partial charge on any atom is -0.494 e. The van der Waals surface area contributed by atoms with Crippen LogP contribution in [0.3, 0.4) is 0 Å². The summed E-state index contributed by atoms with van der Waals surface area (Å²) in [5.74, 6) is -0.220. The van der Waals surface area contributed by atoms with Crippen LogP contribution < -0.4 is 4.74 Å². The third-order valence-electron chi connectivity index (χ3n) is 2.09. The highest BCUT2D eigenvalue weighted by Crippen LogP contribution is 2.28. The molecule has 1 aromatic carbocycles. The first-order chi connectivity index (χ1) is 7.72. The van der Waals surface area contributed by atoms with E-state index in [4.69, 9.17) is 4.74 Å². The van der Waals surface area contributed by atoms with Crippen molar-refractivity contribution in [2.75, 3.05) is 7.11 Å². The lowest BCUT2D eigenvalue weighted by atomic mass is 10.1. The van der Waals surface area contributed by atoms with E-state index < -0.39 is 5.82 Å². The van der Waals surface area contributed by atoms with Crippen LogP contribution in [0.1, 0.15) is 0 Å². The summed E-state index contributed by atoms with van der Waals surface area (Å²) in [6.45, 7) is 0. The second-order valence-corrected chi connectivity index (χ2v) is 3.86. The molecule has 0 N–H and O–H groups in total. The van der Waals surface area contributed by atoms with Crippen LogP contribution in [0, 0.1) is 5.82 Å². The quantitative estimate of drug-likeness (QED) is 0.794. The van der Waals surface area contributed by atoms with Crippen molar-refractivity contribution in [1.82, 2.24) is 9.97 Å². The van der Waals surface area contributed by atoms with Gasteiger partial charge in [-0.25, -0.2) is 14.4 Å². The van der Waals surface area contributed by atoms with Gasteiger partial charge in [-0.05, 0) is 34.1 Å². The number of ether oxygens (including phenoxy) is 1. The molecule has 0 fully saturated rings. The largest absolute Gasteiger partial charge is 0.494 e. The molecule has 0 aliphatic heterocycles. The second-order valence-electron chi connectivity index (χ2n) is 3.05. The second kappa shape index (κ2) is 4.57. The number of rotatable bonds is 2. The Bertz CT molecular complexity index is 519. The summed E-state index contributed by atoms with van der Waals surface area (Å²) in [7, 11) is 1.43. The zero-order valence-electron chi connectivity index (χ0n) is 8.45. The molecule has 2 aromatic rings. The number of nitrogens with zero attached hydrogens (tertiary/aromatic N) is 2. The summed E-state index contributed by atoms with van der Waals surface area (Å²) in [6, 6.07) is 6.58. The lowest BCUT2D eigenvalue weighted by Gasteiger charge is -2.06. The van der Waals surface area contributed by atoms with Gasteiger partial charge in [-0.15, -0.1) is 0 Å². The minimum absolute atomic E-state index is 0.201. The van der Waals surface area contributed by atoms with E-state index in [0.29, 0.717) is 15.9 Å². The molecule has 0 unspecified atom stereocenters. The maximum Gasteiger partial charge on any atom is 0.174 e.